The van der Waals surface area contributed by atoms with Gasteiger partial charge in [-0.3, -0.25) is 4.79 Å². The number of aldehydes is 1. The highest BCUT2D eigenvalue weighted by molar-refractivity contribution is 9.10. The Labute approximate surface area is 119 Å². The van der Waals surface area contributed by atoms with Gasteiger partial charge in [0.05, 0.1) is 0 Å². The number of carbonyl (C=O) groups is 1. The van der Waals surface area contributed by atoms with Crippen molar-refractivity contribution in [2.75, 3.05) is 0 Å². The van der Waals surface area contributed by atoms with E-state index >= 15 is 0 Å². The standard InChI is InChI=1S/C14H10BrClO2/c15-12-4-3-11(14(16)7-12)9-18-13-5-1-10(8-17)2-6-13/h1-8H,9H2. The Morgan fingerprint density at radius 2 is 1.89 bits per heavy atom. The molecule has 0 aliphatic rings. The smallest absolute Gasteiger partial charge is 0.150 e. The van der Waals surface area contributed by atoms with Crippen LogP contribution < -0.4 is 4.74 Å². The molecule has 2 rings (SSSR count). The second kappa shape index (κ2) is 6.03. The third-order valence-corrected chi connectivity index (χ3v) is 3.27. The summed E-state index contributed by atoms with van der Waals surface area (Å²) < 4.78 is 6.53. The minimum Gasteiger partial charge on any atom is -0.489 e. The van der Waals surface area contributed by atoms with E-state index in [2.05, 4.69) is 15.9 Å². The summed E-state index contributed by atoms with van der Waals surface area (Å²) in [6.07, 6.45) is 0.801. The molecular weight excluding hydrogens is 316 g/mol. The van der Waals surface area contributed by atoms with Crippen LogP contribution in [-0.2, 0) is 6.61 Å². The maximum atomic E-state index is 10.5. The first-order chi connectivity index (χ1) is 8.69. The van der Waals surface area contributed by atoms with Crippen LogP contribution in [0.15, 0.2) is 46.9 Å². The Morgan fingerprint density at radius 3 is 2.50 bits per heavy atom. The van der Waals surface area contributed by atoms with Gasteiger partial charge >= 0.3 is 0 Å². The third kappa shape index (κ3) is 3.34. The second-order valence-corrected chi connectivity index (χ2v) is 5.03. The average Bonchev–Trinajstić information content (AvgIpc) is 2.38. The van der Waals surface area contributed by atoms with Crippen LogP contribution in [-0.4, -0.2) is 6.29 Å². The van der Waals surface area contributed by atoms with Crippen molar-refractivity contribution in [2.45, 2.75) is 6.61 Å². The molecule has 2 aromatic rings. The number of carbonyl (C=O) groups excluding carboxylic acids is 1. The SMILES string of the molecule is O=Cc1ccc(OCc2ccc(Br)cc2Cl)cc1. The van der Waals surface area contributed by atoms with Gasteiger partial charge in [0, 0.05) is 20.6 Å². The van der Waals surface area contributed by atoms with Crippen LogP contribution in [0.1, 0.15) is 15.9 Å². The van der Waals surface area contributed by atoms with Crippen LogP contribution in [0.5, 0.6) is 5.75 Å². The summed E-state index contributed by atoms with van der Waals surface area (Å²) in [6, 6.07) is 12.6. The molecule has 0 fully saturated rings. The van der Waals surface area contributed by atoms with Crippen molar-refractivity contribution in [1.82, 2.24) is 0 Å². The van der Waals surface area contributed by atoms with Crippen LogP contribution in [0.25, 0.3) is 0 Å². The first kappa shape index (κ1) is 13.1. The Hall–Kier alpha value is -1.32. The van der Waals surface area contributed by atoms with Gasteiger partial charge < -0.3 is 4.74 Å². The largest absolute Gasteiger partial charge is 0.489 e. The lowest BCUT2D eigenvalue weighted by atomic mass is 10.2. The molecule has 0 spiro atoms. The van der Waals surface area contributed by atoms with E-state index in [1.165, 1.54) is 0 Å². The molecule has 92 valence electrons. The number of hydrogen-bond acceptors (Lipinski definition) is 2. The fourth-order valence-electron chi connectivity index (χ4n) is 1.44. The molecule has 0 aromatic heterocycles. The van der Waals surface area contributed by atoms with Crippen molar-refractivity contribution in [3.05, 3.63) is 63.1 Å². The zero-order valence-electron chi connectivity index (χ0n) is 9.40. The molecule has 0 atom stereocenters. The van der Waals surface area contributed by atoms with Gasteiger partial charge in [0.2, 0.25) is 0 Å². The zero-order chi connectivity index (χ0) is 13.0. The Bertz CT molecular complexity index is 552. The summed E-state index contributed by atoms with van der Waals surface area (Å²) in [7, 11) is 0. The van der Waals surface area contributed by atoms with E-state index in [4.69, 9.17) is 16.3 Å². The number of ether oxygens (including phenoxy) is 1. The highest BCUT2D eigenvalue weighted by Crippen LogP contribution is 2.23. The van der Waals surface area contributed by atoms with Crippen molar-refractivity contribution < 1.29 is 9.53 Å². The van der Waals surface area contributed by atoms with E-state index in [9.17, 15) is 4.79 Å². The van der Waals surface area contributed by atoms with E-state index in [-0.39, 0.29) is 0 Å². The Morgan fingerprint density at radius 1 is 1.17 bits per heavy atom. The molecule has 0 aliphatic heterocycles. The molecule has 4 heteroatoms. The molecule has 0 unspecified atom stereocenters. The molecule has 2 nitrogen and oxygen atoms in total. The third-order valence-electron chi connectivity index (χ3n) is 2.43. The van der Waals surface area contributed by atoms with Crippen molar-refractivity contribution in [3.8, 4) is 5.75 Å². The zero-order valence-corrected chi connectivity index (χ0v) is 11.7. The number of hydrogen-bond donors (Lipinski definition) is 0. The molecule has 0 bridgehead atoms. The summed E-state index contributed by atoms with van der Waals surface area (Å²) in [5, 5.41) is 0.661. The molecule has 0 N–H and O–H groups in total. The highest BCUT2D eigenvalue weighted by Gasteiger charge is 2.02. The number of halogens is 2. The first-order valence-electron chi connectivity index (χ1n) is 5.31. The van der Waals surface area contributed by atoms with Crippen molar-refractivity contribution in [3.63, 3.8) is 0 Å². The molecular formula is C14H10BrClO2. The highest BCUT2D eigenvalue weighted by atomic mass is 79.9. The molecule has 0 amide bonds. The molecule has 0 heterocycles. The predicted molar refractivity (Wildman–Crippen MR) is 75.3 cm³/mol. The fourth-order valence-corrected chi connectivity index (χ4v) is 2.17. The summed E-state index contributed by atoms with van der Waals surface area (Å²) in [5.41, 5.74) is 1.54. The van der Waals surface area contributed by atoms with E-state index in [0.29, 0.717) is 22.9 Å². The minimum atomic E-state index is 0.395. The minimum absolute atomic E-state index is 0.395. The molecule has 0 saturated carbocycles. The van der Waals surface area contributed by atoms with Gasteiger partial charge in [-0.1, -0.05) is 33.6 Å². The number of benzene rings is 2. The van der Waals surface area contributed by atoms with Gasteiger partial charge in [0.25, 0.3) is 0 Å². The van der Waals surface area contributed by atoms with Gasteiger partial charge in [-0.15, -0.1) is 0 Å². The van der Waals surface area contributed by atoms with Crippen molar-refractivity contribution in [2.24, 2.45) is 0 Å². The molecule has 0 aliphatic carbocycles. The van der Waals surface area contributed by atoms with Gasteiger partial charge in [0.1, 0.15) is 18.6 Å². The Kier molecular flexibility index (Phi) is 4.39. The maximum Gasteiger partial charge on any atom is 0.150 e. The summed E-state index contributed by atoms with van der Waals surface area (Å²) >= 11 is 9.44. The lowest BCUT2D eigenvalue weighted by molar-refractivity contribution is 0.112. The molecule has 0 radical (unpaired) electrons. The quantitative estimate of drug-likeness (QED) is 0.774. The van der Waals surface area contributed by atoms with Crippen LogP contribution in [0.4, 0.5) is 0 Å². The normalized spacial score (nSPS) is 10.1. The first-order valence-corrected chi connectivity index (χ1v) is 6.48. The van der Waals surface area contributed by atoms with Crippen LogP contribution in [0, 0.1) is 0 Å². The topological polar surface area (TPSA) is 26.3 Å². The molecule has 18 heavy (non-hydrogen) atoms. The van der Waals surface area contributed by atoms with E-state index in [0.717, 1.165) is 16.3 Å². The summed E-state index contributed by atoms with van der Waals surface area (Å²) in [5.74, 6) is 0.708. The molecule has 0 saturated heterocycles. The summed E-state index contributed by atoms with van der Waals surface area (Å²) in [4.78, 5) is 10.5. The second-order valence-electron chi connectivity index (χ2n) is 3.71. The predicted octanol–water partition coefficient (Wildman–Crippen LogP) is 4.49. The Balaban J connectivity index is 2.04. The maximum absolute atomic E-state index is 10.5. The van der Waals surface area contributed by atoms with Gasteiger partial charge in [-0.05, 0) is 36.4 Å². The summed E-state index contributed by atoms with van der Waals surface area (Å²) in [6.45, 7) is 0.395. The van der Waals surface area contributed by atoms with Crippen molar-refractivity contribution >= 4 is 33.8 Å². The van der Waals surface area contributed by atoms with E-state index < -0.39 is 0 Å². The molecule has 2 aromatic carbocycles. The number of rotatable bonds is 4. The van der Waals surface area contributed by atoms with Crippen molar-refractivity contribution in [1.29, 1.82) is 0 Å². The van der Waals surface area contributed by atoms with Crippen LogP contribution >= 0.6 is 27.5 Å². The van der Waals surface area contributed by atoms with Crippen LogP contribution in [0.2, 0.25) is 5.02 Å². The average molecular weight is 326 g/mol. The van der Waals surface area contributed by atoms with Gasteiger partial charge in [-0.2, -0.15) is 0 Å². The van der Waals surface area contributed by atoms with Crippen LogP contribution in [0.3, 0.4) is 0 Å². The lowest BCUT2D eigenvalue weighted by Gasteiger charge is -2.08. The fraction of sp³-hybridized carbons (Fsp3) is 0.0714. The monoisotopic (exact) mass is 324 g/mol. The van der Waals surface area contributed by atoms with E-state index in [1.54, 1.807) is 24.3 Å². The van der Waals surface area contributed by atoms with Gasteiger partial charge in [-0.25, -0.2) is 0 Å². The van der Waals surface area contributed by atoms with E-state index in [1.807, 2.05) is 18.2 Å². The van der Waals surface area contributed by atoms with Gasteiger partial charge in [0.15, 0.2) is 0 Å². The lowest BCUT2D eigenvalue weighted by Crippen LogP contribution is -1.96.